The molecule has 7 heteroatoms. The van der Waals surface area contributed by atoms with Gasteiger partial charge in [-0.05, 0) is 30.3 Å². The summed E-state index contributed by atoms with van der Waals surface area (Å²) in [6.45, 7) is 5.66. The SMILES string of the molecule is I.NC(=NCCN1CCN(c2cccc(Cl)c2)CC1)Nc1ccccc1. The maximum Gasteiger partial charge on any atom is 0.193 e. The molecule has 140 valence electrons. The third-order valence-corrected chi connectivity index (χ3v) is 4.53. The van der Waals surface area contributed by atoms with Crippen molar-refractivity contribution in [2.75, 3.05) is 49.5 Å². The summed E-state index contributed by atoms with van der Waals surface area (Å²) in [6, 6.07) is 17.9. The molecule has 3 N–H and O–H groups in total. The number of guanidine groups is 1. The molecule has 1 aliphatic rings. The molecule has 0 aliphatic carbocycles. The van der Waals surface area contributed by atoms with Crippen molar-refractivity contribution in [3.05, 3.63) is 59.6 Å². The summed E-state index contributed by atoms with van der Waals surface area (Å²) in [7, 11) is 0. The zero-order valence-corrected chi connectivity index (χ0v) is 17.7. The highest BCUT2D eigenvalue weighted by atomic mass is 127. The second-order valence-electron chi connectivity index (χ2n) is 6.07. The van der Waals surface area contributed by atoms with Crippen LogP contribution in [-0.4, -0.2) is 50.1 Å². The molecule has 1 saturated heterocycles. The van der Waals surface area contributed by atoms with E-state index in [-0.39, 0.29) is 24.0 Å². The van der Waals surface area contributed by atoms with E-state index in [2.05, 4.69) is 26.2 Å². The van der Waals surface area contributed by atoms with Crippen LogP contribution in [0.15, 0.2) is 59.6 Å². The predicted octanol–water partition coefficient (Wildman–Crippen LogP) is 3.51. The van der Waals surface area contributed by atoms with Gasteiger partial charge in [0.25, 0.3) is 0 Å². The average molecular weight is 486 g/mol. The van der Waals surface area contributed by atoms with Crippen molar-refractivity contribution >= 4 is 52.9 Å². The van der Waals surface area contributed by atoms with Crippen molar-refractivity contribution in [1.29, 1.82) is 0 Å². The fourth-order valence-electron chi connectivity index (χ4n) is 2.92. The van der Waals surface area contributed by atoms with Crippen LogP contribution in [0.4, 0.5) is 11.4 Å². The van der Waals surface area contributed by atoms with Gasteiger partial charge >= 0.3 is 0 Å². The second-order valence-corrected chi connectivity index (χ2v) is 6.50. The third-order valence-electron chi connectivity index (χ3n) is 4.29. The van der Waals surface area contributed by atoms with Crippen molar-refractivity contribution < 1.29 is 0 Å². The van der Waals surface area contributed by atoms with Gasteiger partial charge in [0.15, 0.2) is 5.96 Å². The number of anilines is 2. The number of benzene rings is 2. The zero-order chi connectivity index (χ0) is 17.5. The Morgan fingerprint density at radius 2 is 1.77 bits per heavy atom. The summed E-state index contributed by atoms with van der Waals surface area (Å²) in [6.07, 6.45) is 0. The summed E-state index contributed by atoms with van der Waals surface area (Å²) in [5.41, 5.74) is 8.09. The van der Waals surface area contributed by atoms with Crippen LogP contribution >= 0.6 is 35.6 Å². The lowest BCUT2D eigenvalue weighted by Crippen LogP contribution is -2.47. The van der Waals surface area contributed by atoms with Crippen LogP contribution in [0.3, 0.4) is 0 Å². The van der Waals surface area contributed by atoms with Crippen molar-refractivity contribution in [1.82, 2.24) is 4.90 Å². The van der Waals surface area contributed by atoms with E-state index in [0.29, 0.717) is 12.5 Å². The number of aliphatic imine (C=N–C) groups is 1. The maximum absolute atomic E-state index is 6.08. The number of hydrogen-bond donors (Lipinski definition) is 2. The van der Waals surface area contributed by atoms with E-state index in [4.69, 9.17) is 17.3 Å². The summed E-state index contributed by atoms with van der Waals surface area (Å²) in [5, 5.41) is 3.89. The van der Waals surface area contributed by atoms with Crippen molar-refractivity contribution in [2.24, 2.45) is 10.7 Å². The number of hydrogen-bond acceptors (Lipinski definition) is 3. The Morgan fingerprint density at radius 1 is 1.04 bits per heavy atom. The van der Waals surface area contributed by atoms with Gasteiger partial charge in [0.1, 0.15) is 0 Å². The minimum Gasteiger partial charge on any atom is -0.370 e. The van der Waals surface area contributed by atoms with Crippen LogP contribution in [-0.2, 0) is 0 Å². The van der Waals surface area contributed by atoms with Gasteiger partial charge in [0.2, 0.25) is 0 Å². The number of para-hydroxylation sites is 1. The molecule has 1 heterocycles. The molecule has 2 aromatic carbocycles. The zero-order valence-electron chi connectivity index (χ0n) is 14.6. The maximum atomic E-state index is 6.08. The molecule has 5 nitrogen and oxygen atoms in total. The van der Waals surface area contributed by atoms with Crippen LogP contribution in [0.2, 0.25) is 5.02 Å². The largest absolute Gasteiger partial charge is 0.370 e. The molecule has 26 heavy (non-hydrogen) atoms. The highest BCUT2D eigenvalue weighted by Crippen LogP contribution is 2.20. The van der Waals surface area contributed by atoms with Crippen molar-refractivity contribution in [2.45, 2.75) is 0 Å². The first kappa shape index (κ1) is 20.8. The summed E-state index contributed by atoms with van der Waals surface area (Å²) in [4.78, 5) is 9.20. The first-order chi connectivity index (χ1) is 12.2. The Morgan fingerprint density at radius 3 is 2.46 bits per heavy atom. The molecule has 0 spiro atoms. The Kier molecular flexibility index (Phi) is 8.47. The molecule has 0 aromatic heterocycles. The lowest BCUT2D eigenvalue weighted by atomic mass is 10.2. The summed E-state index contributed by atoms with van der Waals surface area (Å²) in [5.74, 6) is 0.462. The van der Waals surface area contributed by atoms with Gasteiger partial charge in [0, 0.05) is 49.1 Å². The number of nitrogens with zero attached hydrogens (tertiary/aromatic N) is 3. The predicted molar refractivity (Wildman–Crippen MR) is 122 cm³/mol. The van der Waals surface area contributed by atoms with Crippen LogP contribution in [0.25, 0.3) is 0 Å². The van der Waals surface area contributed by atoms with E-state index in [9.17, 15) is 0 Å². The fourth-order valence-corrected chi connectivity index (χ4v) is 3.11. The van der Waals surface area contributed by atoms with Gasteiger partial charge in [-0.15, -0.1) is 24.0 Å². The number of nitrogens with one attached hydrogen (secondary N) is 1. The molecule has 1 aliphatic heterocycles. The molecule has 0 bridgehead atoms. The van der Waals surface area contributed by atoms with Gasteiger partial charge in [-0.2, -0.15) is 0 Å². The molecular formula is C19H25ClIN5. The summed E-state index contributed by atoms with van der Waals surface area (Å²) < 4.78 is 0. The molecule has 0 radical (unpaired) electrons. The first-order valence-electron chi connectivity index (χ1n) is 8.55. The smallest absolute Gasteiger partial charge is 0.193 e. The second kappa shape index (κ2) is 10.6. The van der Waals surface area contributed by atoms with Crippen LogP contribution in [0.1, 0.15) is 0 Å². The number of halogens is 2. The van der Waals surface area contributed by atoms with E-state index in [1.165, 1.54) is 5.69 Å². The van der Waals surface area contributed by atoms with Crippen LogP contribution < -0.4 is 16.0 Å². The van der Waals surface area contributed by atoms with Gasteiger partial charge in [0.05, 0.1) is 6.54 Å². The van der Waals surface area contributed by atoms with Gasteiger partial charge in [-0.1, -0.05) is 35.9 Å². The van der Waals surface area contributed by atoms with E-state index in [1.807, 2.05) is 48.5 Å². The molecule has 0 saturated carbocycles. The van der Waals surface area contributed by atoms with E-state index in [1.54, 1.807) is 0 Å². The lowest BCUT2D eigenvalue weighted by Gasteiger charge is -2.35. The van der Waals surface area contributed by atoms with Gasteiger partial charge in [-0.25, -0.2) is 0 Å². The summed E-state index contributed by atoms with van der Waals surface area (Å²) >= 11 is 6.08. The van der Waals surface area contributed by atoms with Gasteiger partial charge in [-0.3, -0.25) is 9.89 Å². The number of rotatable bonds is 5. The highest BCUT2D eigenvalue weighted by molar-refractivity contribution is 14.0. The topological polar surface area (TPSA) is 56.9 Å². The van der Waals surface area contributed by atoms with E-state index < -0.39 is 0 Å². The normalized spacial score (nSPS) is 15.4. The van der Waals surface area contributed by atoms with E-state index in [0.717, 1.165) is 43.4 Å². The lowest BCUT2D eigenvalue weighted by molar-refractivity contribution is 0.265. The Balaban J connectivity index is 0.00000243. The first-order valence-corrected chi connectivity index (χ1v) is 8.93. The molecule has 3 rings (SSSR count). The number of piperazine rings is 1. The molecule has 1 fully saturated rings. The quantitative estimate of drug-likeness (QED) is 0.387. The Bertz CT molecular complexity index is 702. The van der Waals surface area contributed by atoms with Gasteiger partial charge < -0.3 is 16.0 Å². The third kappa shape index (κ3) is 6.34. The Labute approximate surface area is 177 Å². The average Bonchev–Trinajstić information content (AvgIpc) is 2.63. The standard InChI is InChI=1S/C19H24ClN5.HI/c20-16-5-4-8-18(15-16)25-13-11-24(12-14-25)10-9-22-19(21)23-17-6-2-1-3-7-17;/h1-8,15H,9-14H2,(H3,21,22,23);1H. The van der Waals surface area contributed by atoms with Crippen LogP contribution in [0, 0.1) is 0 Å². The fraction of sp³-hybridized carbons (Fsp3) is 0.316. The van der Waals surface area contributed by atoms with Crippen molar-refractivity contribution in [3.63, 3.8) is 0 Å². The molecule has 0 amide bonds. The molecule has 0 unspecified atom stereocenters. The molecular weight excluding hydrogens is 461 g/mol. The molecule has 0 atom stereocenters. The van der Waals surface area contributed by atoms with Crippen molar-refractivity contribution in [3.8, 4) is 0 Å². The monoisotopic (exact) mass is 485 g/mol. The van der Waals surface area contributed by atoms with E-state index >= 15 is 0 Å². The highest BCUT2D eigenvalue weighted by Gasteiger charge is 2.16. The Hall–Kier alpha value is -1.51. The minimum atomic E-state index is 0. The molecule has 2 aromatic rings. The van der Waals surface area contributed by atoms with Crippen LogP contribution in [0.5, 0.6) is 0 Å². The minimum absolute atomic E-state index is 0. The number of nitrogens with two attached hydrogens (primary N) is 1.